The van der Waals surface area contributed by atoms with E-state index in [0.717, 1.165) is 0 Å². The maximum atomic E-state index is 10.7. The average molecular weight is 209 g/mol. The Kier molecular flexibility index (Phi) is 3.55. The number of carboxylic acid groups (broad SMARTS) is 1. The van der Waals surface area contributed by atoms with Gasteiger partial charge in [-0.1, -0.05) is 6.07 Å². The van der Waals surface area contributed by atoms with E-state index in [1.807, 2.05) is 0 Å². The lowest BCUT2D eigenvalue weighted by molar-refractivity contribution is -0.137. The number of carbonyl (C=O) groups is 1. The highest BCUT2D eigenvalue weighted by Crippen LogP contribution is 2.30. The van der Waals surface area contributed by atoms with Crippen LogP contribution >= 0.6 is 0 Å². The van der Waals surface area contributed by atoms with Crippen LogP contribution in [0.3, 0.4) is 0 Å². The molecule has 1 aromatic rings. The van der Waals surface area contributed by atoms with Crippen LogP contribution in [-0.2, 0) is 4.79 Å². The van der Waals surface area contributed by atoms with Gasteiger partial charge < -0.3 is 14.6 Å². The van der Waals surface area contributed by atoms with Crippen molar-refractivity contribution < 1.29 is 19.4 Å². The van der Waals surface area contributed by atoms with Crippen LogP contribution in [0.1, 0.15) is 11.5 Å². The Labute approximate surface area is 88.4 Å². The van der Waals surface area contributed by atoms with E-state index in [0.29, 0.717) is 17.1 Å². The summed E-state index contributed by atoms with van der Waals surface area (Å²) in [5, 5.41) is 8.79. The summed E-state index contributed by atoms with van der Waals surface area (Å²) in [6.07, 6.45) is 0. The molecule has 1 atom stereocenters. The molecule has 0 aliphatic carbocycles. The second-order valence-electron chi connectivity index (χ2n) is 3.01. The first-order chi connectivity index (χ1) is 7.10. The Morgan fingerprint density at radius 1 is 1.33 bits per heavy atom. The standard InChI is InChI=1S/C11H13O4/c1-7(11(12)13)8-4-5-9(14-2)10(6-8)15-3/h4-7H,1H2,2-3H3,(H,12,13). The van der Waals surface area contributed by atoms with Crippen LogP contribution in [0.2, 0.25) is 0 Å². The summed E-state index contributed by atoms with van der Waals surface area (Å²) >= 11 is 0. The van der Waals surface area contributed by atoms with Gasteiger partial charge >= 0.3 is 5.97 Å². The zero-order valence-corrected chi connectivity index (χ0v) is 8.69. The predicted octanol–water partition coefficient (Wildman–Crippen LogP) is 1.71. The van der Waals surface area contributed by atoms with E-state index in [1.165, 1.54) is 14.2 Å². The van der Waals surface area contributed by atoms with Crippen LogP contribution in [0.15, 0.2) is 18.2 Å². The molecule has 0 saturated heterocycles. The lowest BCUT2D eigenvalue weighted by Crippen LogP contribution is -2.07. The summed E-state index contributed by atoms with van der Waals surface area (Å²) in [6, 6.07) is 4.94. The number of carboxylic acids is 1. The molecular weight excluding hydrogens is 196 g/mol. The molecule has 0 aliphatic heterocycles. The second-order valence-corrected chi connectivity index (χ2v) is 3.01. The third kappa shape index (κ3) is 2.40. The average Bonchev–Trinajstić information content (AvgIpc) is 2.26. The zero-order chi connectivity index (χ0) is 11.4. The molecule has 0 aliphatic rings. The van der Waals surface area contributed by atoms with Gasteiger partial charge in [-0.25, -0.2) is 0 Å². The van der Waals surface area contributed by atoms with Gasteiger partial charge in [0.1, 0.15) is 0 Å². The molecule has 4 nitrogen and oxygen atoms in total. The molecule has 1 unspecified atom stereocenters. The van der Waals surface area contributed by atoms with Crippen LogP contribution in [0, 0.1) is 6.92 Å². The smallest absolute Gasteiger partial charge is 0.310 e. The van der Waals surface area contributed by atoms with E-state index in [-0.39, 0.29) is 0 Å². The first kappa shape index (κ1) is 11.4. The summed E-state index contributed by atoms with van der Waals surface area (Å²) in [5.74, 6) is -0.698. The molecule has 0 fully saturated rings. The molecule has 15 heavy (non-hydrogen) atoms. The summed E-state index contributed by atoms with van der Waals surface area (Å²) < 4.78 is 10.1. The van der Waals surface area contributed by atoms with Crippen molar-refractivity contribution in [1.29, 1.82) is 0 Å². The van der Waals surface area contributed by atoms with E-state index in [1.54, 1.807) is 18.2 Å². The fraction of sp³-hybridized carbons (Fsp3) is 0.273. The molecule has 0 bridgehead atoms. The molecule has 1 N–H and O–H groups in total. The van der Waals surface area contributed by atoms with Gasteiger partial charge in [-0.3, -0.25) is 4.79 Å². The molecular formula is C11H13O4. The van der Waals surface area contributed by atoms with Crippen LogP contribution < -0.4 is 9.47 Å². The van der Waals surface area contributed by atoms with Gasteiger partial charge in [0.25, 0.3) is 0 Å². The molecule has 0 spiro atoms. The summed E-state index contributed by atoms with van der Waals surface area (Å²) in [6.45, 7) is 3.54. The minimum atomic E-state index is -0.970. The first-order valence-electron chi connectivity index (χ1n) is 4.38. The highest BCUT2D eigenvalue weighted by atomic mass is 16.5. The molecule has 0 amide bonds. The van der Waals surface area contributed by atoms with Gasteiger partial charge in [-0.05, 0) is 24.6 Å². The van der Waals surface area contributed by atoms with Gasteiger partial charge in [0.15, 0.2) is 11.5 Å². The fourth-order valence-corrected chi connectivity index (χ4v) is 1.21. The summed E-state index contributed by atoms with van der Waals surface area (Å²) in [5.41, 5.74) is 0.583. The van der Waals surface area contributed by atoms with Crippen molar-refractivity contribution in [3.63, 3.8) is 0 Å². The number of ether oxygens (including phenoxy) is 2. The van der Waals surface area contributed by atoms with Crippen LogP contribution in [0.4, 0.5) is 0 Å². The Bertz CT molecular complexity index is 360. The Morgan fingerprint density at radius 2 is 1.93 bits per heavy atom. The molecule has 4 heteroatoms. The minimum Gasteiger partial charge on any atom is -0.493 e. The van der Waals surface area contributed by atoms with E-state index < -0.39 is 11.9 Å². The molecule has 1 rings (SSSR count). The maximum absolute atomic E-state index is 10.7. The largest absolute Gasteiger partial charge is 0.493 e. The van der Waals surface area contributed by atoms with E-state index in [9.17, 15) is 4.79 Å². The molecule has 1 radical (unpaired) electrons. The molecule has 1 aromatic carbocycles. The fourth-order valence-electron chi connectivity index (χ4n) is 1.21. The van der Waals surface area contributed by atoms with Gasteiger partial charge in [-0.15, -0.1) is 0 Å². The SMILES string of the molecule is [CH2]C(C(=O)O)c1ccc(OC)c(OC)c1. The predicted molar refractivity (Wildman–Crippen MR) is 55.3 cm³/mol. The highest BCUT2D eigenvalue weighted by molar-refractivity contribution is 5.77. The lowest BCUT2D eigenvalue weighted by Gasteiger charge is -2.11. The van der Waals surface area contributed by atoms with Gasteiger partial charge in [0.2, 0.25) is 0 Å². The number of hydrogen-bond acceptors (Lipinski definition) is 3. The Morgan fingerprint density at radius 3 is 2.40 bits per heavy atom. The van der Waals surface area contributed by atoms with Crippen LogP contribution in [0.5, 0.6) is 11.5 Å². The maximum Gasteiger partial charge on any atom is 0.310 e. The summed E-state index contributed by atoms with van der Waals surface area (Å²) in [7, 11) is 3.02. The lowest BCUT2D eigenvalue weighted by atomic mass is 10.0. The quantitative estimate of drug-likeness (QED) is 0.820. The Balaban J connectivity index is 3.07. The third-order valence-corrected chi connectivity index (χ3v) is 2.11. The van der Waals surface area contributed by atoms with Crippen molar-refractivity contribution in [2.24, 2.45) is 0 Å². The van der Waals surface area contributed by atoms with E-state index in [2.05, 4.69) is 6.92 Å². The highest BCUT2D eigenvalue weighted by Gasteiger charge is 2.15. The molecule has 0 saturated carbocycles. The van der Waals surface area contributed by atoms with E-state index in [4.69, 9.17) is 14.6 Å². The minimum absolute atomic E-state index is 0.505. The van der Waals surface area contributed by atoms with E-state index >= 15 is 0 Å². The normalized spacial score (nSPS) is 11.9. The summed E-state index contributed by atoms with van der Waals surface area (Å²) in [4.78, 5) is 10.7. The van der Waals surface area contributed by atoms with Crippen LogP contribution in [0.25, 0.3) is 0 Å². The third-order valence-electron chi connectivity index (χ3n) is 2.11. The van der Waals surface area contributed by atoms with Crippen LogP contribution in [-0.4, -0.2) is 25.3 Å². The number of methoxy groups -OCH3 is 2. The van der Waals surface area contributed by atoms with Gasteiger partial charge in [0, 0.05) is 0 Å². The van der Waals surface area contributed by atoms with Crippen molar-refractivity contribution in [3.05, 3.63) is 30.7 Å². The van der Waals surface area contributed by atoms with Crippen molar-refractivity contribution in [2.75, 3.05) is 14.2 Å². The number of rotatable bonds is 4. The van der Waals surface area contributed by atoms with Gasteiger partial charge in [-0.2, -0.15) is 0 Å². The number of benzene rings is 1. The molecule has 0 aromatic heterocycles. The zero-order valence-electron chi connectivity index (χ0n) is 8.69. The Hall–Kier alpha value is -1.71. The first-order valence-corrected chi connectivity index (χ1v) is 4.38. The number of aliphatic carboxylic acids is 1. The van der Waals surface area contributed by atoms with Crippen molar-refractivity contribution in [2.45, 2.75) is 5.92 Å². The topological polar surface area (TPSA) is 55.8 Å². The number of hydrogen-bond donors (Lipinski definition) is 1. The molecule has 0 heterocycles. The monoisotopic (exact) mass is 209 g/mol. The van der Waals surface area contributed by atoms with Crippen molar-refractivity contribution >= 4 is 5.97 Å². The molecule has 81 valence electrons. The van der Waals surface area contributed by atoms with Gasteiger partial charge in [0.05, 0.1) is 20.1 Å². The van der Waals surface area contributed by atoms with Crippen molar-refractivity contribution in [1.82, 2.24) is 0 Å². The van der Waals surface area contributed by atoms with Crippen molar-refractivity contribution in [3.8, 4) is 11.5 Å². The second kappa shape index (κ2) is 4.68.